The van der Waals surface area contributed by atoms with Gasteiger partial charge in [0.1, 0.15) is 5.75 Å². The maximum Gasteiger partial charge on any atom is 0.257 e. The fraction of sp³-hybridized carbons (Fsp3) is 0.300. The van der Waals surface area contributed by atoms with Crippen LogP contribution in [0.1, 0.15) is 6.92 Å². The summed E-state index contributed by atoms with van der Waals surface area (Å²) in [6, 6.07) is 7.09. The largest absolute Gasteiger partial charge is 0.492 e. The Morgan fingerprint density at radius 2 is 2.13 bits per heavy atom. The SMILES string of the molecule is CCOc1ccccc1NC(=O)C(Cl)Cl. The number of hydrogen-bond acceptors (Lipinski definition) is 2. The Hall–Kier alpha value is -0.930. The smallest absolute Gasteiger partial charge is 0.257 e. The summed E-state index contributed by atoms with van der Waals surface area (Å²) in [5, 5.41) is 2.57. The number of para-hydroxylation sites is 2. The van der Waals surface area contributed by atoms with E-state index in [0.29, 0.717) is 18.0 Å². The highest BCUT2D eigenvalue weighted by Crippen LogP contribution is 2.24. The molecule has 0 heterocycles. The van der Waals surface area contributed by atoms with Crippen LogP contribution < -0.4 is 10.1 Å². The van der Waals surface area contributed by atoms with Gasteiger partial charge in [-0.15, -0.1) is 0 Å². The van der Waals surface area contributed by atoms with Crippen molar-refractivity contribution in [2.45, 2.75) is 11.8 Å². The predicted molar refractivity (Wildman–Crippen MR) is 61.7 cm³/mol. The van der Waals surface area contributed by atoms with Gasteiger partial charge in [0, 0.05) is 0 Å². The number of amides is 1. The molecule has 0 bridgehead atoms. The molecule has 0 aliphatic rings. The molecule has 0 aliphatic heterocycles. The van der Waals surface area contributed by atoms with E-state index < -0.39 is 10.7 Å². The van der Waals surface area contributed by atoms with Crippen molar-refractivity contribution in [3.05, 3.63) is 24.3 Å². The van der Waals surface area contributed by atoms with E-state index >= 15 is 0 Å². The first-order chi connectivity index (χ1) is 7.15. The molecule has 0 atom stereocenters. The van der Waals surface area contributed by atoms with Gasteiger partial charge in [0.05, 0.1) is 12.3 Å². The van der Waals surface area contributed by atoms with E-state index in [9.17, 15) is 4.79 Å². The molecule has 0 aliphatic carbocycles. The van der Waals surface area contributed by atoms with Gasteiger partial charge in [0.25, 0.3) is 5.91 Å². The molecular formula is C10H11Cl2NO2. The number of alkyl halides is 2. The van der Waals surface area contributed by atoms with Crippen LogP contribution in [0.2, 0.25) is 0 Å². The van der Waals surface area contributed by atoms with E-state index in [1.54, 1.807) is 18.2 Å². The Bertz CT molecular complexity index is 342. The molecule has 1 N–H and O–H groups in total. The maximum atomic E-state index is 11.2. The molecule has 0 aromatic heterocycles. The van der Waals surface area contributed by atoms with Gasteiger partial charge in [-0.05, 0) is 19.1 Å². The minimum atomic E-state index is -1.08. The van der Waals surface area contributed by atoms with E-state index in [2.05, 4.69) is 5.32 Å². The van der Waals surface area contributed by atoms with E-state index in [1.165, 1.54) is 0 Å². The molecule has 5 heteroatoms. The molecular weight excluding hydrogens is 237 g/mol. The van der Waals surface area contributed by atoms with Crippen LogP contribution in [0.3, 0.4) is 0 Å². The zero-order valence-electron chi connectivity index (χ0n) is 8.17. The lowest BCUT2D eigenvalue weighted by molar-refractivity contribution is -0.114. The van der Waals surface area contributed by atoms with Crippen molar-refractivity contribution < 1.29 is 9.53 Å². The van der Waals surface area contributed by atoms with E-state index in [4.69, 9.17) is 27.9 Å². The lowest BCUT2D eigenvalue weighted by Crippen LogP contribution is -2.19. The average molecular weight is 248 g/mol. The lowest BCUT2D eigenvalue weighted by Gasteiger charge is -2.11. The highest BCUT2D eigenvalue weighted by Gasteiger charge is 2.13. The predicted octanol–water partition coefficient (Wildman–Crippen LogP) is 2.83. The van der Waals surface area contributed by atoms with Gasteiger partial charge < -0.3 is 10.1 Å². The van der Waals surface area contributed by atoms with Crippen molar-refractivity contribution in [2.24, 2.45) is 0 Å². The zero-order chi connectivity index (χ0) is 11.3. The third-order valence-electron chi connectivity index (χ3n) is 1.64. The summed E-state index contributed by atoms with van der Waals surface area (Å²) in [4.78, 5) is 10.2. The van der Waals surface area contributed by atoms with Gasteiger partial charge >= 0.3 is 0 Å². The molecule has 1 aromatic carbocycles. The Kier molecular flexibility index (Phi) is 4.72. The number of benzene rings is 1. The van der Waals surface area contributed by atoms with Gasteiger partial charge in [-0.2, -0.15) is 0 Å². The quantitative estimate of drug-likeness (QED) is 0.832. The second-order valence-electron chi connectivity index (χ2n) is 2.72. The van der Waals surface area contributed by atoms with Crippen LogP contribution >= 0.6 is 23.2 Å². The van der Waals surface area contributed by atoms with Crippen LogP contribution in [-0.4, -0.2) is 17.4 Å². The highest BCUT2D eigenvalue weighted by atomic mass is 35.5. The molecule has 82 valence electrons. The van der Waals surface area contributed by atoms with Gasteiger partial charge in [-0.1, -0.05) is 35.3 Å². The fourth-order valence-corrected chi connectivity index (χ4v) is 1.15. The van der Waals surface area contributed by atoms with E-state index in [1.807, 2.05) is 13.0 Å². The van der Waals surface area contributed by atoms with Crippen LogP contribution in [-0.2, 0) is 4.79 Å². The Labute approximate surface area is 98.3 Å². The van der Waals surface area contributed by atoms with Crippen LogP contribution in [0.15, 0.2) is 24.3 Å². The second-order valence-corrected chi connectivity index (χ2v) is 3.82. The van der Waals surface area contributed by atoms with Crippen LogP contribution in [0.5, 0.6) is 5.75 Å². The molecule has 15 heavy (non-hydrogen) atoms. The Morgan fingerprint density at radius 1 is 1.47 bits per heavy atom. The van der Waals surface area contributed by atoms with Crippen molar-refractivity contribution in [1.82, 2.24) is 0 Å². The number of carbonyl (C=O) groups is 1. The van der Waals surface area contributed by atoms with Crippen molar-refractivity contribution in [3.8, 4) is 5.75 Å². The highest BCUT2D eigenvalue weighted by molar-refractivity contribution is 6.54. The summed E-state index contributed by atoms with van der Waals surface area (Å²) in [6.07, 6.45) is 0. The molecule has 1 rings (SSSR count). The van der Waals surface area contributed by atoms with Gasteiger partial charge in [0.15, 0.2) is 4.84 Å². The summed E-state index contributed by atoms with van der Waals surface area (Å²) >= 11 is 10.8. The molecule has 0 unspecified atom stereocenters. The zero-order valence-corrected chi connectivity index (χ0v) is 9.68. The standard InChI is InChI=1S/C10H11Cl2NO2/c1-2-15-8-6-4-3-5-7(8)13-10(14)9(11)12/h3-6,9H,2H2,1H3,(H,13,14). The first kappa shape index (κ1) is 12.1. The third-order valence-corrected chi connectivity index (χ3v) is 2.04. The van der Waals surface area contributed by atoms with E-state index in [0.717, 1.165) is 0 Å². The fourth-order valence-electron chi connectivity index (χ4n) is 1.04. The van der Waals surface area contributed by atoms with Crippen molar-refractivity contribution >= 4 is 34.8 Å². The summed E-state index contributed by atoms with van der Waals surface area (Å²) in [5.41, 5.74) is 0.565. The Balaban J connectivity index is 2.79. The second kappa shape index (κ2) is 5.83. The number of halogens is 2. The number of hydrogen-bond donors (Lipinski definition) is 1. The monoisotopic (exact) mass is 247 g/mol. The van der Waals surface area contributed by atoms with Crippen LogP contribution in [0.4, 0.5) is 5.69 Å². The van der Waals surface area contributed by atoms with Crippen molar-refractivity contribution in [3.63, 3.8) is 0 Å². The summed E-state index contributed by atoms with van der Waals surface area (Å²) in [6.45, 7) is 2.39. The minimum absolute atomic E-state index is 0.467. The van der Waals surface area contributed by atoms with Gasteiger partial charge in [-0.25, -0.2) is 0 Å². The number of carbonyl (C=O) groups excluding carboxylic acids is 1. The molecule has 0 saturated carbocycles. The summed E-state index contributed by atoms with van der Waals surface area (Å²) < 4.78 is 5.32. The number of anilines is 1. The van der Waals surface area contributed by atoms with Gasteiger partial charge in [0.2, 0.25) is 0 Å². The first-order valence-corrected chi connectivity index (χ1v) is 5.33. The normalized spacial score (nSPS) is 10.1. The molecule has 1 amide bonds. The Morgan fingerprint density at radius 3 is 2.73 bits per heavy atom. The lowest BCUT2D eigenvalue weighted by atomic mass is 10.3. The minimum Gasteiger partial charge on any atom is -0.492 e. The molecule has 3 nitrogen and oxygen atoms in total. The number of ether oxygens (including phenoxy) is 1. The molecule has 0 saturated heterocycles. The number of nitrogens with one attached hydrogen (secondary N) is 1. The van der Waals surface area contributed by atoms with Crippen molar-refractivity contribution in [1.29, 1.82) is 0 Å². The van der Waals surface area contributed by atoms with Crippen LogP contribution in [0.25, 0.3) is 0 Å². The third kappa shape index (κ3) is 3.61. The molecule has 0 fully saturated rings. The summed E-state index contributed by atoms with van der Waals surface area (Å²) in [7, 11) is 0. The van der Waals surface area contributed by atoms with E-state index in [-0.39, 0.29) is 0 Å². The maximum absolute atomic E-state index is 11.2. The first-order valence-electron chi connectivity index (χ1n) is 4.46. The molecule has 1 aromatic rings. The van der Waals surface area contributed by atoms with Gasteiger partial charge in [-0.3, -0.25) is 4.79 Å². The number of rotatable bonds is 4. The molecule has 0 radical (unpaired) electrons. The topological polar surface area (TPSA) is 38.3 Å². The average Bonchev–Trinajstić information content (AvgIpc) is 2.21. The molecule has 0 spiro atoms. The summed E-state index contributed by atoms with van der Waals surface area (Å²) in [5.74, 6) is 0.132. The van der Waals surface area contributed by atoms with Crippen LogP contribution in [0, 0.1) is 0 Å². The van der Waals surface area contributed by atoms with Crippen molar-refractivity contribution in [2.75, 3.05) is 11.9 Å².